The number of rotatable bonds is 5. The van der Waals surface area contributed by atoms with Crippen LogP contribution in [0, 0.1) is 6.92 Å². The third-order valence-corrected chi connectivity index (χ3v) is 6.69. The van der Waals surface area contributed by atoms with E-state index in [-0.39, 0.29) is 33.3 Å². The number of aromatic nitrogens is 1. The van der Waals surface area contributed by atoms with E-state index in [9.17, 15) is 18.0 Å². The molecule has 3 aromatic rings. The first-order valence-corrected chi connectivity index (χ1v) is 11.3. The van der Waals surface area contributed by atoms with Crippen LogP contribution in [0.1, 0.15) is 31.8 Å². The van der Waals surface area contributed by atoms with Crippen LogP contribution in [-0.4, -0.2) is 25.1 Å². The largest absolute Gasteiger partial charge is 0.279 e. The minimum Gasteiger partial charge on any atom is -0.279 e. The van der Waals surface area contributed by atoms with Crippen molar-refractivity contribution in [2.75, 3.05) is 4.72 Å². The highest BCUT2D eigenvalue weighted by Crippen LogP contribution is 2.36. The minimum absolute atomic E-state index is 0.00363. The molecule has 1 aromatic heterocycles. The topological polar surface area (TPSA) is 87.4 Å². The molecule has 0 unspecified atom stereocenters. The number of hydrogen-bond acceptors (Lipinski definition) is 4. The van der Waals surface area contributed by atoms with Gasteiger partial charge in [0.1, 0.15) is 7.05 Å². The number of anilines is 1. The fourth-order valence-electron chi connectivity index (χ4n) is 3.45. The number of benzene rings is 2. The summed E-state index contributed by atoms with van der Waals surface area (Å²) in [6, 6.07) is 12.7. The van der Waals surface area contributed by atoms with E-state index in [0.717, 1.165) is 16.0 Å². The fraction of sp³-hybridized carbons (Fsp3) is 0.136. The van der Waals surface area contributed by atoms with Gasteiger partial charge in [-0.1, -0.05) is 29.3 Å². The lowest BCUT2D eigenvalue weighted by molar-refractivity contribution is -0.672. The quantitative estimate of drug-likeness (QED) is 0.472. The molecule has 4 rings (SSSR count). The predicted octanol–water partition coefficient (Wildman–Crippen LogP) is 3.07. The number of nitrogens with one attached hydrogen (secondary N) is 1. The number of aryl methyl sites for hydroxylation is 2. The maximum Gasteiger partial charge on any atom is 0.264 e. The van der Waals surface area contributed by atoms with E-state index in [4.69, 9.17) is 11.6 Å². The first-order chi connectivity index (χ1) is 14.7. The molecule has 0 saturated heterocycles. The summed E-state index contributed by atoms with van der Waals surface area (Å²) in [6.45, 7) is 1.89. The lowest BCUT2D eigenvalue weighted by Gasteiger charge is -2.13. The van der Waals surface area contributed by atoms with Crippen molar-refractivity contribution in [1.82, 2.24) is 4.90 Å². The van der Waals surface area contributed by atoms with Crippen LogP contribution in [0.4, 0.5) is 5.69 Å². The van der Waals surface area contributed by atoms with Gasteiger partial charge >= 0.3 is 0 Å². The second-order valence-electron chi connectivity index (χ2n) is 7.34. The first-order valence-electron chi connectivity index (χ1n) is 9.40. The summed E-state index contributed by atoms with van der Waals surface area (Å²) in [5.41, 5.74) is 1.62. The lowest BCUT2D eigenvalue weighted by atomic mass is 10.1. The van der Waals surface area contributed by atoms with Gasteiger partial charge in [-0.15, -0.1) is 0 Å². The molecule has 1 N–H and O–H groups in total. The monoisotopic (exact) mass is 456 g/mol. The molecule has 1 aliphatic heterocycles. The number of hydrogen-bond donors (Lipinski definition) is 1. The molecule has 2 amide bonds. The van der Waals surface area contributed by atoms with Gasteiger partial charge in [0.25, 0.3) is 21.8 Å². The van der Waals surface area contributed by atoms with E-state index >= 15 is 0 Å². The Morgan fingerprint density at radius 2 is 1.68 bits per heavy atom. The van der Waals surface area contributed by atoms with Crippen LogP contribution >= 0.6 is 11.6 Å². The predicted molar refractivity (Wildman–Crippen MR) is 115 cm³/mol. The van der Waals surface area contributed by atoms with E-state index in [1.54, 1.807) is 24.4 Å². The van der Waals surface area contributed by atoms with Crippen LogP contribution < -0.4 is 9.29 Å². The SMILES string of the molecule is Cc1ccc(S(=O)(=O)Nc2ccc(Cl)c3c2C(=O)N(Cc2ccc[n+](C)c2)C3=O)cc1. The standard InChI is InChI=1S/C22H18ClN3O4S/c1-14-5-7-16(8-6-14)31(29,30)24-18-10-9-17(23)19-20(18)22(28)26(21(19)27)13-15-4-3-11-25(2)12-15/h3-12H,13H2,1-2H3/p+1. The molecule has 2 heterocycles. The molecule has 1 aliphatic rings. The summed E-state index contributed by atoms with van der Waals surface area (Å²) >= 11 is 6.22. The van der Waals surface area contributed by atoms with Crippen LogP contribution in [-0.2, 0) is 23.6 Å². The molecule has 7 nitrogen and oxygen atoms in total. The summed E-state index contributed by atoms with van der Waals surface area (Å²) in [5, 5.41) is 0.0905. The van der Waals surface area contributed by atoms with Gasteiger partial charge in [-0.2, -0.15) is 0 Å². The number of halogens is 1. The Balaban J connectivity index is 1.71. The number of sulfonamides is 1. The smallest absolute Gasteiger partial charge is 0.264 e. The number of carbonyl (C=O) groups is 2. The van der Waals surface area contributed by atoms with E-state index in [1.165, 1.54) is 24.3 Å². The van der Waals surface area contributed by atoms with Gasteiger partial charge in [0, 0.05) is 11.6 Å². The Hall–Kier alpha value is -3.23. The maximum absolute atomic E-state index is 13.1. The number of fused-ring (bicyclic) bond motifs is 1. The van der Waals surface area contributed by atoms with Crippen molar-refractivity contribution in [1.29, 1.82) is 0 Å². The summed E-state index contributed by atoms with van der Waals surface area (Å²) in [6.07, 6.45) is 3.63. The normalized spacial score (nSPS) is 13.5. The van der Waals surface area contributed by atoms with E-state index < -0.39 is 21.8 Å². The molecule has 9 heteroatoms. The van der Waals surface area contributed by atoms with E-state index in [0.29, 0.717) is 0 Å². The third-order valence-electron chi connectivity index (χ3n) is 4.99. The Morgan fingerprint density at radius 1 is 1.00 bits per heavy atom. The maximum atomic E-state index is 13.1. The molecule has 2 aromatic carbocycles. The highest BCUT2D eigenvalue weighted by molar-refractivity contribution is 7.92. The number of amides is 2. The van der Waals surface area contributed by atoms with Crippen LogP contribution in [0.2, 0.25) is 5.02 Å². The highest BCUT2D eigenvalue weighted by atomic mass is 35.5. The third kappa shape index (κ3) is 3.92. The lowest BCUT2D eigenvalue weighted by Crippen LogP contribution is -2.32. The molecule has 0 fully saturated rings. The zero-order valence-electron chi connectivity index (χ0n) is 16.8. The number of pyridine rings is 1. The molecule has 0 atom stereocenters. The van der Waals surface area contributed by atoms with Gasteiger partial charge in [0.2, 0.25) is 0 Å². The number of nitrogens with zero attached hydrogens (tertiary/aromatic N) is 2. The van der Waals surface area contributed by atoms with Gasteiger partial charge in [-0.05, 0) is 37.3 Å². The van der Waals surface area contributed by atoms with Crippen molar-refractivity contribution < 1.29 is 22.6 Å². The van der Waals surface area contributed by atoms with Gasteiger partial charge in [0.05, 0.1) is 33.3 Å². The van der Waals surface area contributed by atoms with E-state index in [1.807, 2.05) is 30.8 Å². The zero-order chi connectivity index (χ0) is 22.3. The van der Waals surface area contributed by atoms with Crippen molar-refractivity contribution in [3.8, 4) is 0 Å². The van der Waals surface area contributed by atoms with Gasteiger partial charge < -0.3 is 0 Å². The summed E-state index contributed by atoms with van der Waals surface area (Å²) in [7, 11) is -2.13. The molecule has 31 heavy (non-hydrogen) atoms. The molecule has 0 radical (unpaired) electrons. The Morgan fingerprint density at radius 3 is 2.35 bits per heavy atom. The molecule has 0 bridgehead atoms. The van der Waals surface area contributed by atoms with Crippen molar-refractivity contribution in [3.05, 3.63) is 88.2 Å². The number of imide groups is 1. The average molecular weight is 457 g/mol. The number of carbonyl (C=O) groups excluding carboxylic acids is 2. The molecule has 0 aliphatic carbocycles. The van der Waals surface area contributed by atoms with Crippen molar-refractivity contribution in [2.24, 2.45) is 7.05 Å². The Kier molecular flexibility index (Phi) is 5.28. The zero-order valence-corrected chi connectivity index (χ0v) is 18.4. The summed E-state index contributed by atoms with van der Waals surface area (Å²) in [4.78, 5) is 27.2. The Labute approximate surface area is 184 Å². The van der Waals surface area contributed by atoms with Crippen molar-refractivity contribution in [3.63, 3.8) is 0 Å². The fourth-order valence-corrected chi connectivity index (χ4v) is 4.76. The van der Waals surface area contributed by atoms with Gasteiger partial charge in [-0.25, -0.2) is 13.0 Å². The van der Waals surface area contributed by atoms with Crippen molar-refractivity contribution in [2.45, 2.75) is 18.4 Å². The summed E-state index contributed by atoms with van der Waals surface area (Å²) < 4.78 is 29.9. The molecule has 0 saturated carbocycles. The van der Waals surface area contributed by atoms with E-state index in [2.05, 4.69) is 4.72 Å². The van der Waals surface area contributed by atoms with Crippen LogP contribution in [0.25, 0.3) is 0 Å². The van der Waals surface area contributed by atoms with Crippen molar-refractivity contribution >= 4 is 39.1 Å². The van der Waals surface area contributed by atoms with Gasteiger partial charge in [0.15, 0.2) is 12.4 Å². The Bertz CT molecular complexity index is 1320. The molecular weight excluding hydrogens is 438 g/mol. The minimum atomic E-state index is -3.97. The molecule has 158 valence electrons. The van der Waals surface area contributed by atoms with Gasteiger partial charge in [-0.3, -0.25) is 19.2 Å². The molecule has 0 spiro atoms. The van der Waals surface area contributed by atoms with Crippen LogP contribution in [0.3, 0.4) is 0 Å². The molecular formula is C22H19ClN3O4S+. The van der Waals surface area contributed by atoms with Crippen LogP contribution in [0.15, 0.2) is 65.8 Å². The average Bonchev–Trinajstić information content (AvgIpc) is 2.96. The first kappa shape index (κ1) is 21.0. The second kappa shape index (κ2) is 7.79. The highest BCUT2D eigenvalue weighted by Gasteiger charge is 2.40. The van der Waals surface area contributed by atoms with Crippen LogP contribution in [0.5, 0.6) is 0 Å². The second-order valence-corrected chi connectivity index (χ2v) is 9.43. The summed E-state index contributed by atoms with van der Waals surface area (Å²) in [5.74, 6) is -1.16.